The number of halogens is 1. The average molecular weight is 455 g/mol. The average Bonchev–Trinajstić information content (AvgIpc) is 2.72. The van der Waals surface area contributed by atoms with Crippen LogP contribution in [0.5, 0.6) is 5.75 Å². The van der Waals surface area contributed by atoms with Crippen LogP contribution in [0.3, 0.4) is 0 Å². The van der Waals surface area contributed by atoms with Gasteiger partial charge in [0, 0.05) is 28.2 Å². The van der Waals surface area contributed by atoms with Crippen LogP contribution >= 0.6 is 11.6 Å². The van der Waals surface area contributed by atoms with Gasteiger partial charge in [-0.3, -0.25) is 4.98 Å². The molecule has 2 heterocycles. The Morgan fingerprint density at radius 3 is 2.69 bits per heavy atom. The molecule has 2 N–H and O–H groups in total. The first kappa shape index (κ1) is 22.4. The Balaban J connectivity index is 2.09. The van der Waals surface area contributed by atoms with E-state index in [4.69, 9.17) is 26.1 Å². The molecule has 0 aliphatic carbocycles. The van der Waals surface area contributed by atoms with E-state index < -0.39 is 17.7 Å². The number of aryl methyl sites for hydroxylation is 1. The molecule has 0 unspecified atom stereocenters. The molecule has 1 atom stereocenters. The van der Waals surface area contributed by atoms with Crippen molar-refractivity contribution in [2.75, 3.05) is 18.5 Å². The van der Waals surface area contributed by atoms with E-state index in [1.807, 2.05) is 58.9 Å². The number of nitrogens with zero attached hydrogens (tertiary/aromatic N) is 1. The third-order valence-corrected chi connectivity index (χ3v) is 5.73. The van der Waals surface area contributed by atoms with Crippen LogP contribution in [0.2, 0.25) is 5.02 Å². The van der Waals surface area contributed by atoms with Crippen LogP contribution in [0.15, 0.2) is 30.3 Å². The monoisotopic (exact) mass is 454 g/mol. The molecular weight excluding hydrogens is 428 g/mol. The van der Waals surface area contributed by atoms with Crippen molar-refractivity contribution in [1.29, 1.82) is 0 Å². The summed E-state index contributed by atoms with van der Waals surface area (Å²) in [7, 11) is 0. The number of aromatic nitrogens is 1. The molecular formula is C25H27ClN2O4. The number of carboxylic acid groups (broad SMARTS) is 1. The van der Waals surface area contributed by atoms with Gasteiger partial charge in [0.1, 0.15) is 12.4 Å². The molecule has 0 saturated carbocycles. The van der Waals surface area contributed by atoms with Crippen molar-refractivity contribution >= 4 is 34.2 Å². The summed E-state index contributed by atoms with van der Waals surface area (Å²) in [5, 5.41) is 14.9. The summed E-state index contributed by atoms with van der Waals surface area (Å²) < 4.78 is 11.8. The first-order valence-electron chi connectivity index (χ1n) is 10.6. The summed E-state index contributed by atoms with van der Waals surface area (Å²) in [6, 6.07) is 9.36. The molecule has 168 valence electrons. The SMILES string of the molecule is Cc1nc2ccc(Cl)cc2c(-c2ccc3c(c2C)NCCO3)c1[C@H](OC(C)(C)C)C(=O)O. The number of pyridine rings is 1. The second kappa shape index (κ2) is 8.26. The zero-order valence-electron chi connectivity index (χ0n) is 18.9. The number of rotatable bonds is 4. The zero-order valence-corrected chi connectivity index (χ0v) is 19.6. The van der Waals surface area contributed by atoms with Crippen LogP contribution in [-0.2, 0) is 9.53 Å². The lowest BCUT2D eigenvalue weighted by Crippen LogP contribution is -2.28. The first-order valence-corrected chi connectivity index (χ1v) is 11.0. The molecule has 7 heteroatoms. The highest BCUT2D eigenvalue weighted by Crippen LogP contribution is 2.44. The van der Waals surface area contributed by atoms with Gasteiger partial charge in [-0.25, -0.2) is 4.79 Å². The van der Waals surface area contributed by atoms with Crippen molar-refractivity contribution in [3.05, 3.63) is 52.2 Å². The Morgan fingerprint density at radius 1 is 1.25 bits per heavy atom. The number of benzene rings is 2. The van der Waals surface area contributed by atoms with E-state index in [1.54, 1.807) is 6.07 Å². The fourth-order valence-corrected chi connectivity index (χ4v) is 4.38. The number of ether oxygens (including phenoxy) is 2. The van der Waals surface area contributed by atoms with Crippen molar-refractivity contribution < 1.29 is 19.4 Å². The standard InChI is InChI=1S/C25H27ClN2O4/c1-13-16(7-9-19-22(13)27-10-11-31-19)21-17-12-15(26)6-8-18(17)28-14(2)20(21)23(24(29)30)32-25(3,4)5/h6-9,12,23,27H,10-11H2,1-5H3,(H,29,30)/t23-/m0/s1. The van der Waals surface area contributed by atoms with E-state index in [9.17, 15) is 9.90 Å². The number of carboxylic acids is 1. The summed E-state index contributed by atoms with van der Waals surface area (Å²) in [5.74, 6) is -0.280. The number of hydrogen-bond donors (Lipinski definition) is 2. The smallest absolute Gasteiger partial charge is 0.337 e. The molecule has 0 amide bonds. The maximum atomic E-state index is 12.4. The van der Waals surface area contributed by atoms with E-state index in [1.165, 1.54) is 0 Å². The van der Waals surface area contributed by atoms with Crippen LogP contribution in [0.1, 0.15) is 43.7 Å². The number of anilines is 1. The number of fused-ring (bicyclic) bond motifs is 2. The lowest BCUT2D eigenvalue weighted by atomic mass is 9.88. The molecule has 4 rings (SSSR count). The number of aliphatic carboxylic acids is 1. The predicted octanol–water partition coefficient (Wildman–Crippen LogP) is 5.92. The third-order valence-electron chi connectivity index (χ3n) is 5.49. The van der Waals surface area contributed by atoms with Gasteiger partial charge in [0.25, 0.3) is 0 Å². The molecule has 3 aromatic rings. The molecule has 0 spiro atoms. The normalized spacial score (nSPS) is 14.4. The second-order valence-electron chi connectivity index (χ2n) is 8.98. The molecule has 0 radical (unpaired) electrons. The van der Waals surface area contributed by atoms with E-state index in [2.05, 4.69) is 5.32 Å². The van der Waals surface area contributed by atoms with Crippen molar-refractivity contribution in [3.8, 4) is 16.9 Å². The largest absolute Gasteiger partial charge is 0.490 e. The summed E-state index contributed by atoms with van der Waals surface area (Å²) in [6.45, 7) is 10.7. The lowest BCUT2D eigenvalue weighted by molar-refractivity contribution is -0.160. The molecule has 32 heavy (non-hydrogen) atoms. The predicted molar refractivity (Wildman–Crippen MR) is 127 cm³/mol. The summed E-state index contributed by atoms with van der Waals surface area (Å²) >= 11 is 6.37. The van der Waals surface area contributed by atoms with Crippen molar-refractivity contribution in [2.24, 2.45) is 0 Å². The summed E-state index contributed by atoms with van der Waals surface area (Å²) in [5.41, 5.74) is 4.73. The summed E-state index contributed by atoms with van der Waals surface area (Å²) in [4.78, 5) is 17.1. The van der Waals surface area contributed by atoms with E-state index in [0.717, 1.165) is 39.0 Å². The fraction of sp³-hybridized carbons (Fsp3) is 0.360. The van der Waals surface area contributed by atoms with Gasteiger partial charge in [-0.05, 0) is 75.6 Å². The maximum Gasteiger partial charge on any atom is 0.337 e. The van der Waals surface area contributed by atoms with Crippen LogP contribution in [0.25, 0.3) is 22.0 Å². The zero-order chi connectivity index (χ0) is 23.2. The molecule has 1 aromatic heterocycles. The second-order valence-corrected chi connectivity index (χ2v) is 9.42. The minimum Gasteiger partial charge on any atom is -0.490 e. The minimum atomic E-state index is -1.19. The molecule has 1 aliphatic heterocycles. The van der Waals surface area contributed by atoms with Gasteiger partial charge >= 0.3 is 5.97 Å². The highest BCUT2D eigenvalue weighted by molar-refractivity contribution is 6.31. The Morgan fingerprint density at radius 2 is 2.00 bits per heavy atom. The van der Waals surface area contributed by atoms with Crippen molar-refractivity contribution in [3.63, 3.8) is 0 Å². The van der Waals surface area contributed by atoms with Crippen LogP contribution < -0.4 is 10.1 Å². The van der Waals surface area contributed by atoms with Gasteiger partial charge in [0.15, 0.2) is 6.10 Å². The van der Waals surface area contributed by atoms with E-state index in [-0.39, 0.29) is 0 Å². The van der Waals surface area contributed by atoms with Gasteiger partial charge in [0.2, 0.25) is 0 Å². The Labute approximate surface area is 192 Å². The number of nitrogens with one attached hydrogen (secondary N) is 1. The number of carbonyl (C=O) groups is 1. The van der Waals surface area contributed by atoms with Gasteiger partial charge in [-0.15, -0.1) is 0 Å². The van der Waals surface area contributed by atoms with Crippen LogP contribution in [-0.4, -0.2) is 34.8 Å². The Hall–Kier alpha value is -2.83. The molecule has 0 fully saturated rings. The molecule has 6 nitrogen and oxygen atoms in total. The Bertz CT molecular complexity index is 1220. The third kappa shape index (κ3) is 4.12. The molecule has 0 bridgehead atoms. The number of hydrogen-bond acceptors (Lipinski definition) is 5. The van der Waals surface area contributed by atoms with Crippen molar-refractivity contribution in [1.82, 2.24) is 4.98 Å². The first-order chi connectivity index (χ1) is 15.1. The highest BCUT2D eigenvalue weighted by Gasteiger charge is 2.33. The van der Waals surface area contributed by atoms with E-state index >= 15 is 0 Å². The maximum absolute atomic E-state index is 12.4. The van der Waals surface area contributed by atoms with Gasteiger partial charge in [-0.2, -0.15) is 0 Å². The summed E-state index contributed by atoms with van der Waals surface area (Å²) in [6.07, 6.45) is -1.19. The van der Waals surface area contributed by atoms with Crippen molar-refractivity contribution in [2.45, 2.75) is 46.3 Å². The Kier molecular flexibility index (Phi) is 5.77. The van der Waals surface area contributed by atoms with Gasteiger partial charge in [0.05, 0.1) is 16.8 Å². The quantitative estimate of drug-likeness (QED) is 0.509. The molecule has 1 aliphatic rings. The molecule has 2 aromatic carbocycles. The fourth-order valence-electron chi connectivity index (χ4n) is 4.20. The van der Waals surface area contributed by atoms with Crippen LogP contribution in [0, 0.1) is 13.8 Å². The molecule has 0 saturated heterocycles. The topological polar surface area (TPSA) is 80.7 Å². The van der Waals surface area contributed by atoms with Gasteiger partial charge in [-0.1, -0.05) is 17.7 Å². The van der Waals surface area contributed by atoms with E-state index in [0.29, 0.717) is 29.4 Å². The minimum absolute atomic E-state index is 0.530. The lowest BCUT2D eigenvalue weighted by Gasteiger charge is -2.29. The van der Waals surface area contributed by atoms with Gasteiger partial charge < -0.3 is 19.9 Å². The highest BCUT2D eigenvalue weighted by atomic mass is 35.5. The van der Waals surface area contributed by atoms with Crippen LogP contribution in [0.4, 0.5) is 5.69 Å².